The average molecular weight is 190 g/mol. The van der Waals surface area contributed by atoms with Crippen molar-refractivity contribution < 1.29 is 0 Å². The molecule has 0 aliphatic heterocycles. The number of nitrogens with zero attached hydrogens (tertiary/aromatic N) is 1. The highest BCUT2D eigenvalue weighted by Crippen LogP contribution is 2.04. The Hall–Kier alpha value is 0.150. The second-order valence-corrected chi connectivity index (χ2v) is 3.71. The molecule has 64 valence electrons. The van der Waals surface area contributed by atoms with Gasteiger partial charge in [-0.3, -0.25) is 4.90 Å². The molecule has 0 amide bonds. The molecule has 0 heterocycles. The summed E-state index contributed by atoms with van der Waals surface area (Å²) in [5.74, 6) is 0.991. The van der Waals surface area contributed by atoms with Crippen molar-refractivity contribution in [3.63, 3.8) is 0 Å². The first-order valence-electron chi connectivity index (χ1n) is 3.47. The second-order valence-electron chi connectivity index (χ2n) is 2.23. The summed E-state index contributed by atoms with van der Waals surface area (Å²) in [6.07, 6.45) is 1.78. The Balaban J connectivity index is 3.33. The number of rotatable bonds is 5. The van der Waals surface area contributed by atoms with E-state index in [-0.39, 0.29) is 0 Å². The van der Waals surface area contributed by atoms with Gasteiger partial charge < -0.3 is 5.41 Å². The number of nitrogens with one attached hydrogen (secondary N) is 1. The van der Waals surface area contributed by atoms with E-state index in [1.165, 1.54) is 0 Å². The molecular weight excluding hydrogens is 175 g/mol. The molecule has 4 heteroatoms. The first-order valence-corrected chi connectivity index (χ1v) is 5.10. The summed E-state index contributed by atoms with van der Waals surface area (Å²) >= 11 is 1.71. The molecular formula is C7H15N2PS. The molecule has 0 radical (unpaired) electrons. The fourth-order valence-electron chi connectivity index (χ4n) is 0.383. The van der Waals surface area contributed by atoms with Crippen molar-refractivity contribution in [1.29, 1.82) is 5.41 Å². The van der Waals surface area contributed by atoms with E-state index in [1.54, 1.807) is 17.8 Å². The number of hydrogen-bond donors (Lipinski definition) is 1. The van der Waals surface area contributed by atoms with E-state index in [1.807, 2.05) is 5.41 Å². The van der Waals surface area contributed by atoms with Crippen molar-refractivity contribution >= 4 is 26.5 Å². The molecule has 2 nitrogen and oxygen atoms in total. The average Bonchev–Trinajstić information content (AvgIpc) is 1.97. The Morgan fingerprint density at radius 2 is 2.36 bits per heavy atom. The summed E-state index contributed by atoms with van der Waals surface area (Å²) in [5.41, 5.74) is 0.525. The van der Waals surface area contributed by atoms with Crippen LogP contribution in [-0.2, 0) is 0 Å². The monoisotopic (exact) mass is 190 g/mol. The van der Waals surface area contributed by atoms with Gasteiger partial charge in [-0.2, -0.15) is 0 Å². The summed E-state index contributed by atoms with van der Waals surface area (Å²) in [7, 11) is 4.41. The van der Waals surface area contributed by atoms with Crippen molar-refractivity contribution in [1.82, 2.24) is 4.90 Å². The Morgan fingerprint density at radius 1 is 1.73 bits per heavy atom. The molecule has 0 aliphatic carbocycles. The lowest BCUT2D eigenvalue weighted by Gasteiger charge is -2.10. The summed E-state index contributed by atoms with van der Waals surface area (Å²) in [6, 6.07) is 0. The lowest BCUT2D eigenvalue weighted by molar-refractivity contribution is 0.417. The van der Waals surface area contributed by atoms with Crippen LogP contribution < -0.4 is 0 Å². The van der Waals surface area contributed by atoms with Gasteiger partial charge in [-0.25, -0.2) is 0 Å². The van der Waals surface area contributed by atoms with Gasteiger partial charge in [-0.15, -0.1) is 11.8 Å². The Bertz CT molecular complexity index is 147. The molecule has 11 heavy (non-hydrogen) atoms. The van der Waals surface area contributed by atoms with Gasteiger partial charge in [-0.1, -0.05) is 16.2 Å². The normalized spacial score (nSPS) is 11.3. The summed E-state index contributed by atoms with van der Waals surface area (Å²) < 4.78 is 0. The van der Waals surface area contributed by atoms with Crippen LogP contribution in [0.4, 0.5) is 0 Å². The molecule has 0 saturated carbocycles. The maximum absolute atomic E-state index is 7.07. The Labute approximate surface area is 75.1 Å². The standard InChI is InChI=1S/C7H15N2PS/c1-3-9(2)6-11-5-4-7(8)10/h4-5,8H,3,6,10H2,1-2H3/b5-4+,8-7?. The number of thioether (sulfide) groups is 1. The first kappa shape index (κ1) is 11.2. The predicted octanol–water partition coefficient (Wildman–Crippen LogP) is 1.99. The van der Waals surface area contributed by atoms with Crippen LogP contribution in [0.2, 0.25) is 0 Å². The third kappa shape index (κ3) is 8.05. The van der Waals surface area contributed by atoms with E-state index < -0.39 is 0 Å². The zero-order chi connectivity index (χ0) is 8.69. The molecule has 1 unspecified atom stereocenters. The van der Waals surface area contributed by atoms with E-state index >= 15 is 0 Å². The van der Waals surface area contributed by atoms with Crippen molar-refractivity contribution in [2.75, 3.05) is 19.5 Å². The Morgan fingerprint density at radius 3 is 2.82 bits per heavy atom. The maximum atomic E-state index is 7.07. The summed E-state index contributed by atoms with van der Waals surface area (Å²) in [6.45, 7) is 3.20. The largest absolute Gasteiger partial charge is 0.301 e. The fraction of sp³-hybridized carbons (Fsp3) is 0.571. The third-order valence-corrected chi connectivity index (χ3v) is 2.29. The molecule has 0 fully saturated rings. The lowest BCUT2D eigenvalue weighted by Crippen LogP contribution is -2.15. The maximum Gasteiger partial charge on any atom is 0.0484 e. The fourth-order valence-corrected chi connectivity index (χ4v) is 1.38. The predicted molar refractivity (Wildman–Crippen MR) is 57.3 cm³/mol. The van der Waals surface area contributed by atoms with Crippen LogP contribution in [0.25, 0.3) is 0 Å². The highest BCUT2D eigenvalue weighted by molar-refractivity contribution is 8.02. The van der Waals surface area contributed by atoms with Crippen LogP contribution in [0.15, 0.2) is 11.5 Å². The topological polar surface area (TPSA) is 27.1 Å². The van der Waals surface area contributed by atoms with Gasteiger partial charge in [0.2, 0.25) is 0 Å². The van der Waals surface area contributed by atoms with E-state index in [4.69, 9.17) is 5.41 Å². The van der Waals surface area contributed by atoms with Gasteiger partial charge in [0, 0.05) is 11.3 Å². The molecule has 0 bridgehead atoms. The van der Waals surface area contributed by atoms with Gasteiger partial charge >= 0.3 is 0 Å². The van der Waals surface area contributed by atoms with Gasteiger partial charge in [0.05, 0.1) is 0 Å². The van der Waals surface area contributed by atoms with Crippen molar-refractivity contribution in [3.05, 3.63) is 11.5 Å². The molecule has 0 rings (SSSR count). The smallest absolute Gasteiger partial charge is 0.0484 e. The molecule has 0 aliphatic rings. The molecule has 1 N–H and O–H groups in total. The van der Waals surface area contributed by atoms with Gasteiger partial charge in [0.25, 0.3) is 0 Å². The molecule has 1 atom stereocenters. The minimum absolute atomic E-state index is 0.525. The minimum Gasteiger partial charge on any atom is -0.301 e. The zero-order valence-electron chi connectivity index (χ0n) is 7.00. The quantitative estimate of drug-likeness (QED) is 0.408. The minimum atomic E-state index is 0.525. The lowest BCUT2D eigenvalue weighted by atomic mass is 10.7. The highest BCUT2D eigenvalue weighted by atomic mass is 32.2. The van der Waals surface area contributed by atoms with Crippen LogP contribution in [0.1, 0.15) is 6.92 Å². The molecule has 0 saturated heterocycles. The molecule has 0 aromatic heterocycles. The van der Waals surface area contributed by atoms with Crippen molar-refractivity contribution in [2.45, 2.75) is 6.92 Å². The zero-order valence-corrected chi connectivity index (χ0v) is 8.97. The molecule has 0 aromatic rings. The first-order chi connectivity index (χ1) is 5.16. The summed E-state index contributed by atoms with van der Waals surface area (Å²) in [4.78, 5) is 2.21. The molecule has 0 aromatic carbocycles. The SMILES string of the molecule is CCN(C)CS/C=C/C(=N)P. The van der Waals surface area contributed by atoms with Crippen LogP contribution in [0.5, 0.6) is 0 Å². The van der Waals surface area contributed by atoms with Crippen LogP contribution in [0, 0.1) is 5.41 Å². The third-order valence-electron chi connectivity index (χ3n) is 1.18. The Kier molecular flexibility index (Phi) is 6.93. The van der Waals surface area contributed by atoms with Crippen LogP contribution >= 0.6 is 21.0 Å². The molecule has 0 spiro atoms. The highest BCUT2D eigenvalue weighted by Gasteiger charge is 1.89. The van der Waals surface area contributed by atoms with Gasteiger partial charge in [0.15, 0.2) is 0 Å². The van der Waals surface area contributed by atoms with Crippen LogP contribution in [0.3, 0.4) is 0 Å². The van der Waals surface area contributed by atoms with Crippen molar-refractivity contribution in [2.24, 2.45) is 0 Å². The van der Waals surface area contributed by atoms with Crippen LogP contribution in [-0.4, -0.2) is 29.8 Å². The van der Waals surface area contributed by atoms with E-state index in [9.17, 15) is 0 Å². The van der Waals surface area contributed by atoms with Crippen molar-refractivity contribution in [3.8, 4) is 0 Å². The van der Waals surface area contributed by atoms with E-state index in [0.717, 1.165) is 12.4 Å². The van der Waals surface area contributed by atoms with E-state index in [0.29, 0.717) is 5.45 Å². The van der Waals surface area contributed by atoms with Gasteiger partial charge in [0.1, 0.15) is 0 Å². The van der Waals surface area contributed by atoms with E-state index in [2.05, 4.69) is 28.1 Å². The number of allylic oxidation sites excluding steroid dienone is 1. The van der Waals surface area contributed by atoms with Gasteiger partial charge in [-0.05, 0) is 25.1 Å². The summed E-state index contributed by atoms with van der Waals surface area (Å²) in [5, 5.41) is 9.02. The second kappa shape index (κ2) is 6.84. The number of hydrogen-bond acceptors (Lipinski definition) is 3.